The third-order valence-electron chi connectivity index (χ3n) is 5.10. The van der Waals surface area contributed by atoms with Gasteiger partial charge >= 0.3 is 0 Å². The van der Waals surface area contributed by atoms with E-state index >= 15 is 0 Å². The molecule has 3 aromatic rings. The molecule has 0 aromatic heterocycles. The van der Waals surface area contributed by atoms with Crippen molar-refractivity contribution in [1.29, 1.82) is 5.26 Å². The van der Waals surface area contributed by atoms with Crippen LogP contribution in [-0.4, -0.2) is 38.8 Å². The Bertz CT molecular complexity index is 1050. The summed E-state index contributed by atoms with van der Waals surface area (Å²) in [6.45, 7) is 3.17. The van der Waals surface area contributed by atoms with Crippen molar-refractivity contribution in [3.63, 3.8) is 0 Å². The highest BCUT2D eigenvalue weighted by molar-refractivity contribution is 5.92. The normalized spacial score (nSPS) is 13.3. The van der Waals surface area contributed by atoms with Crippen LogP contribution < -0.4 is 15.0 Å². The number of anilines is 2. The smallest absolute Gasteiger partial charge is 0.262 e. The molecule has 1 aliphatic rings. The highest BCUT2D eigenvalue weighted by Crippen LogP contribution is 2.23. The zero-order valence-electron chi connectivity index (χ0n) is 17.1. The van der Waals surface area contributed by atoms with E-state index in [4.69, 9.17) is 14.7 Å². The minimum Gasteiger partial charge on any atom is -0.484 e. The predicted molar refractivity (Wildman–Crippen MR) is 120 cm³/mol. The van der Waals surface area contributed by atoms with Gasteiger partial charge in [0.2, 0.25) is 0 Å². The Labute approximate surface area is 181 Å². The highest BCUT2D eigenvalue weighted by atomic mass is 16.5. The van der Waals surface area contributed by atoms with Gasteiger partial charge in [-0.1, -0.05) is 24.3 Å². The van der Waals surface area contributed by atoms with Crippen LogP contribution >= 0.6 is 0 Å². The summed E-state index contributed by atoms with van der Waals surface area (Å²) in [4.78, 5) is 14.5. The molecule has 0 radical (unpaired) electrons. The van der Waals surface area contributed by atoms with Crippen molar-refractivity contribution in [3.8, 4) is 22.9 Å². The fourth-order valence-electron chi connectivity index (χ4n) is 3.40. The van der Waals surface area contributed by atoms with Crippen molar-refractivity contribution < 1.29 is 14.3 Å². The maximum Gasteiger partial charge on any atom is 0.262 e. The molecule has 6 heteroatoms. The Balaban J connectivity index is 1.27. The van der Waals surface area contributed by atoms with E-state index in [2.05, 4.69) is 16.3 Å². The minimum absolute atomic E-state index is 0.0680. The second-order valence-electron chi connectivity index (χ2n) is 7.20. The first-order valence-corrected chi connectivity index (χ1v) is 10.2. The number of nitriles is 1. The maximum atomic E-state index is 12.2. The van der Waals surface area contributed by atoms with E-state index in [9.17, 15) is 4.79 Å². The topological polar surface area (TPSA) is 74.6 Å². The zero-order valence-corrected chi connectivity index (χ0v) is 17.1. The van der Waals surface area contributed by atoms with E-state index < -0.39 is 0 Å². The van der Waals surface area contributed by atoms with Crippen LogP contribution in [0, 0.1) is 11.3 Å². The van der Waals surface area contributed by atoms with Crippen LogP contribution in [0.1, 0.15) is 5.56 Å². The van der Waals surface area contributed by atoms with Crippen LogP contribution in [0.25, 0.3) is 11.1 Å². The fraction of sp³-hybridized carbons (Fsp3) is 0.200. The lowest BCUT2D eigenvalue weighted by molar-refractivity contribution is -0.118. The molecule has 0 spiro atoms. The van der Waals surface area contributed by atoms with Crippen molar-refractivity contribution in [2.75, 3.05) is 43.1 Å². The monoisotopic (exact) mass is 413 g/mol. The lowest BCUT2D eigenvalue weighted by atomic mass is 10.0. The molecule has 3 aromatic carbocycles. The van der Waals surface area contributed by atoms with Gasteiger partial charge in [-0.3, -0.25) is 4.79 Å². The van der Waals surface area contributed by atoms with E-state index in [0.717, 1.165) is 48.8 Å². The van der Waals surface area contributed by atoms with Crippen LogP contribution in [0.5, 0.6) is 5.75 Å². The number of nitrogens with one attached hydrogen (secondary N) is 1. The Hall–Kier alpha value is -3.82. The molecule has 0 unspecified atom stereocenters. The number of rotatable bonds is 6. The third-order valence-corrected chi connectivity index (χ3v) is 5.10. The standard InChI is InChI=1S/C25H23N3O3/c26-17-19-1-3-20(4-2-19)21-5-11-24(12-6-21)31-18-25(29)27-22-7-9-23(10-8-22)28-13-15-30-16-14-28/h1-12H,13-16,18H2,(H,27,29). The molecule has 6 nitrogen and oxygen atoms in total. The third kappa shape index (κ3) is 5.41. The Kier molecular flexibility index (Phi) is 6.46. The average Bonchev–Trinajstić information content (AvgIpc) is 2.84. The molecule has 1 aliphatic heterocycles. The van der Waals surface area contributed by atoms with Gasteiger partial charge in [0.05, 0.1) is 24.8 Å². The van der Waals surface area contributed by atoms with Crippen LogP contribution in [0.4, 0.5) is 11.4 Å². The summed E-state index contributed by atoms with van der Waals surface area (Å²) in [6.07, 6.45) is 0. The SMILES string of the molecule is N#Cc1ccc(-c2ccc(OCC(=O)Nc3ccc(N4CCOCC4)cc3)cc2)cc1. The molecule has 4 rings (SSSR count). The summed E-state index contributed by atoms with van der Waals surface area (Å²) in [5.41, 5.74) is 4.53. The molecule has 0 bridgehead atoms. The van der Waals surface area contributed by atoms with Crippen LogP contribution in [0.3, 0.4) is 0 Å². The second-order valence-corrected chi connectivity index (χ2v) is 7.20. The molecule has 1 fully saturated rings. The number of nitrogens with zero attached hydrogens (tertiary/aromatic N) is 2. The summed E-state index contributed by atoms with van der Waals surface area (Å²) >= 11 is 0. The molecule has 0 aliphatic carbocycles. The van der Waals surface area contributed by atoms with Gasteiger partial charge in [-0.25, -0.2) is 0 Å². The van der Waals surface area contributed by atoms with Crippen molar-refractivity contribution in [3.05, 3.63) is 78.4 Å². The van der Waals surface area contributed by atoms with Crippen LogP contribution in [0.15, 0.2) is 72.8 Å². The van der Waals surface area contributed by atoms with Gasteiger partial charge in [0.25, 0.3) is 5.91 Å². The van der Waals surface area contributed by atoms with Gasteiger partial charge in [-0.05, 0) is 59.7 Å². The lowest BCUT2D eigenvalue weighted by Crippen LogP contribution is -2.36. The molecule has 1 heterocycles. The van der Waals surface area contributed by atoms with Gasteiger partial charge in [-0.2, -0.15) is 5.26 Å². The van der Waals surface area contributed by atoms with E-state index in [1.54, 1.807) is 12.1 Å². The van der Waals surface area contributed by atoms with Crippen LogP contribution in [0.2, 0.25) is 0 Å². The molecule has 1 amide bonds. The maximum absolute atomic E-state index is 12.2. The summed E-state index contributed by atoms with van der Waals surface area (Å²) in [5.74, 6) is 0.408. The lowest BCUT2D eigenvalue weighted by Gasteiger charge is -2.28. The van der Waals surface area contributed by atoms with Gasteiger partial charge in [0, 0.05) is 24.5 Å². The number of benzene rings is 3. The predicted octanol–water partition coefficient (Wildman–Crippen LogP) is 4.08. The highest BCUT2D eigenvalue weighted by Gasteiger charge is 2.11. The summed E-state index contributed by atoms with van der Waals surface area (Å²) < 4.78 is 11.0. The Morgan fingerprint density at radius 2 is 1.55 bits per heavy atom. The molecular weight excluding hydrogens is 390 g/mol. The van der Waals surface area contributed by atoms with E-state index in [0.29, 0.717) is 11.3 Å². The Morgan fingerprint density at radius 1 is 0.935 bits per heavy atom. The summed E-state index contributed by atoms with van der Waals surface area (Å²) in [5, 5.41) is 11.8. The van der Waals surface area contributed by atoms with Gasteiger partial charge < -0.3 is 19.7 Å². The molecule has 156 valence electrons. The first-order valence-electron chi connectivity index (χ1n) is 10.2. The first-order chi connectivity index (χ1) is 15.2. The fourth-order valence-corrected chi connectivity index (χ4v) is 3.40. The number of morpholine rings is 1. The van der Waals surface area contributed by atoms with E-state index in [1.807, 2.05) is 60.7 Å². The summed E-state index contributed by atoms with van der Waals surface area (Å²) in [7, 11) is 0. The number of hydrogen-bond acceptors (Lipinski definition) is 5. The zero-order chi connectivity index (χ0) is 21.5. The first kappa shape index (κ1) is 20.5. The number of carbonyl (C=O) groups is 1. The molecule has 0 saturated carbocycles. The number of carbonyl (C=O) groups excluding carboxylic acids is 1. The molecular formula is C25H23N3O3. The van der Waals surface area contributed by atoms with Crippen molar-refractivity contribution in [1.82, 2.24) is 0 Å². The largest absolute Gasteiger partial charge is 0.484 e. The van der Waals surface area contributed by atoms with E-state index in [-0.39, 0.29) is 12.5 Å². The molecule has 1 saturated heterocycles. The number of ether oxygens (including phenoxy) is 2. The minimum atomic E-state index is -0.213. The number of amides is 1. The van der Waals surface area contributed by atoms with Crippen molar-refractivity contribution >= 4 is 17.3 Å². The van der Waals surface area contributed by atoms with Crippen LogP contribution in [-0.2, 0) is 9.53 Å². The van der Waals surface area contributed by atoms with Crippen molar-refractivity contribution in [2.45, 2.75) is 0 Å². The van der Waals surface area contributed by atoms with Gasteiger partial charge in [0.15, 0.2) is 6.61 Å². The average molecular weight is 413 g/mol. The quantitative estimate of drug-likeness (QED) is 0.659. The second kappa shape index (κ2) is 9.79. The molecule has 31 heavy (non-hydrogen) atoms. The summed E-state index contributed by atoms with van der Waals surface area (Å²) in [6, 6.07) is 24.8. The van der Waals surface area contributed by atoms with Gasteiger partial charge in [-0.15, -0.1) is 0 Å². The molecule has 1 N–H and O–H groups in total. The van der Waals surface area contributed by atoms with Gasteiger partial charge in [0.1, 0.15) is 5.75 Å². The number of hydrogen-bond donors (Lipinski definition) is 1. The molecule has 0 atom stereocenters. The van der Waals surface area contributed by atoms with E-state index in [1.165, 1.54) is 0 Å². The van der Waals surface area contributed by atoms with Crippen molar-refractivity contribution in [2.24, 2.45) is 0 Å². The Morgan fingerprint density at radius 3 is 2.16 bits per heavy atom.